The molecule has 1 fully saturated rings. The first-order valence-electron chi connectivity index (χ1n) is 8.73. The van der Waals surface area contributed by atoms with E-state index in [-0.39, 0.29) is 41.5 Å². The minimum atomic E-state index is -0.590. The third-order valence-corrected chi connectivity index (χ3v) is 5.04. The fraction of sp³-hybridized carbons (Fsp3) is 0.474. The van der Waals surface area contributed by atoms with Gasteiger partial charge in [0, 0.05) is 19.3 Å². The molecule has 0 aromatic heterocycles. The van der Waals surface area contributed by atoms with Crippen molar-refractivity contribution >= 4 is 11.9 Å². The number of benzene rings is 1. The van der Waals surface area contributed by atoms with Gasteiger partial charge in [0.15, 0.2) is 6.04 Å². The Labute approximate surface area is 147 Å². The van der Waals surface area contributed by atoms with Crippen LogP contribution in [-0.4, -0.2) is 42.2 Å². The van der Waals surface area contributed by atoms with Crippen LogP contribution in [0.3, 0.4) is 0 Å². The summed E-state index contributed by atoms with van der Waals surface area (Å²) in [6, 6.07) is 8.95. The average molecular weight is 345 g/mol. The number of esters is 2. The smallest absolute Gasteiger partial charge is 0.391 e. The van der Waals surface area contributed by atoms with Crippen molar-refractivity contribution in [3.63, 3.8) is 0 Å². The summed E-state index contributed by atoms with van der Waals surface area (Å²) in [5.41, 5.74) is 1.04. The highest BCUT2D eigenvalue weighted by molar-refractivity contribution is 5.88. The molecule has 2 heterocycles. The van der Waals surface area contributed by atoms with Crippen molar-refractivity contribution in [2.75, 3.05) is 19.7 Å². The standard InChI is InChI=1S/C19H23NO5/c1-2-24-19(23)17-16(21)10-12-20(17)11-6-9-15(20)18(22)25-13-14-7-4-3-5-8-14/h3-5,7-8,15H,2,6,9-13H2,1H3/t15-,20+/m0/s1. The molecule has 6 heteroatoms. The summed E-state index contributed by atoms with van der Waals surface area (Å²) in [7, 11) is 0. The maximum atomic E-state index is 12.7. The predicted molar refractivity (Wildman–Crippen MR) is 87.5 cm³/mol. The Balaban J connectivity index is 1.77. The molecule has 134 valence electrons. The highest BCUT2D eigenvalue weighted by Crippen LogP contribution is 2.40. The quantitative estimate of drug-likeness (QED) is 0.593. The number of nitrogens with zero attached hydrogens (tertiary/aromatic N) is 1. The predicted octanol–water partition coefficient (Wildman–Crippen LogP) is 1.25. The molecule has 0 aliphatic carbocycles. The molecule has 2 aliphatic rings. The van der Waals surface area contributed by atoms with Gasteiger partial charge in [-0.1, -0.05) is 36.1 Å². The highest BCUT2D eigenvalue weighted by Gasteiger charge is 2.54. The molecule has 3 rings (SSSR count). The van der Waals surface area contributed by atoms with Gasteiger partial charge in [0.2, 0.25) is 5.70 Å². The second-order valence-electron chi connectivity index (χ2n) is 6.47. The number of hydrogen-bond donors (Lipinski definition) is 0. The first kappa shape index (κ1) is 17.5. The third-order valence-electron chi connectivity index (χ3n) is 5.04. The van der Waals surface area contributed by atoms with Gasteiger partial charge >= 0.3 is 11.9 Å². The molecule has 0 unspecified atom stereocenters. The lowest BCUT2D eigenvalue weighted by Crippen LogP contribution is -2.54. The lowest BCUT2D eigenvalue weighted by atomic mass is 10.2. The summed E-state index contributed by atoms with van der Waals surface area (Å²) in [4.78, 5) is 25.0. The molecular weight excluding hydrogens is 322 g/mol. The van der Waals surface area contributed by atoms with Crippen molar-refractivity contribution in [1.29, 1.82) is 0 Å². The van der Waals surface area contributed by atoms with E-state index >= 15 is 0 Å². The number of quaternary nitrogens is 1. The van der Waals surface area contributed by atoms with Gasteiger partial charge in [-0.05, 0) is 12.5 Å². The molecule has 6 nitrogen and oxygen atoms in total. The van der Waals surface area contributed by atoms with Gasteiger partial charge in [-0.15, -0.1) is 0 Å². The van der Waals surface area contributed by atoms with E-state index in [0.29, 0.717) is 19.5 Å². The van der Waals surface area contributed by atoms with Gasteiger partial charge in [-0.25, -0.2) is 9.59 Å². The Morgan fingerprint density at radius 3 is 2.68 bits per heavy atom. The summed E-state index contributed by atoms with van der Waals surface area (Å²) in [6.45, 7) is 3.18. The van der Waals surface area contributed by atoms with Crippen LogP contribution < -0.4 is 5.11 Å². The zero-order valence-corrected chi connectivity index (χ0v) is 14.4. The minimum absolute atomic E-state index is 0.102. The second kappa shape index (κ2) is 7.27. The van der Waals surface area contributed by atoms with Crippen LogP contribution in [0.4, 0.5) is 0 Å². The van der Waals surface area contributed by atoms with E-state index in [1.165, 1.54) is 0 Å². The van der Waals surface area contributed by atoms with Crippen LogP contribution in [0.25, 0.3) is 0 Å². The van der Waals surface area contributed by atoms with Crippen molar-refractivity contribution < 1.29 is 28.7 Å². The average Bonchev–Trinajstić information content (AvgIpc) is 3.18. The van der Waals surface area contributed by atoms with Crippen LogP contribution in [0.15, 0.2) is 41.8 Å². The first-order chi connectivity index (χ1) is 12.1. The van der Waals surface area contributed by atoms with Crippen LogP contribution in [0, 0.1) is 0 Å². The molecule has 1 aromatic rings. The van der Waals surface area contributed by atoms with Crippen LogP contribution >= 0.6 is 0 Å². The molecule has 2 aliphatic heterocycles. The van der Waals surface area contributed by atoms with E-state index < -0.39 is 12.0 Å². The monoisotopic (exact) mass is 345 g/mol. The van der Waals surface area contributed by atoms with E-state index in [0.717, 1.165) is 12.0 Å². The number of carbonyl (C=O) groups excluding carboxylic acids is 2. The topological polar surface area (TPSA) is 75.7 Å². The largest absolute Gasteiger partial charge is 0.871 e. The molecule has 1 spiro atoms. The van der Waals surface area contributed by atoms with Crippen molar-refractivity contribution in [2.45, 2.75) is 38.8 Å². The molecule has 0 saturated carbocycles. The van der Waals surface area contributed by atoms with E-state index in [9.17, 15) is 14.7 Å². The second-order valence-corrected chi connectivity index (χ2v) is 6.47. The Hall–Kier alpha value is -2.34. The molecule has 0 amide bonds. The maximum Gasteiger partial charge on any atom is 0.391 e. The van der Waals surface area contributed by atoms with Gasteiger partial charge in [0.25, 0.3) is 0 Å². The lowest BCUT2D eigenvalue weighted by molar-refractivity contribution is -0.886. The van der Waals surface area contributed by atoms with E-state index in [4.69, 9.17) is 9.47 Å². The minimum Gasteiger partial charge on any atom is -0.871 e. The lowest BCUT2D eigenvalue weighted by Gasteiger charge is -2.35. The van der Waals surface area contributed by atoms with E-state index in [1.807, 2.05) is 30.3 Å². The normalized spacial score (nSPS) is 25.4. The number of rotatable bonds is 5. The fourth-order valence-electron chi connectivity index (χ4n) is 3.92. The zero-order chi connectivity index (χ0) is 17.9. The molecule has 0 N–H and O–H groups in total. The number of carbonyl (C=O) groups is 2. The van der Waals surface area contributed by atoms with E-state index in [1.54, 1.807) is 6.92 Å². The molecule has 0 radical (unpaired) electrons. The highest BCUT2D eigenvalue weighted by atomic mass is 16.5. The van der Waals surface area contributed by atoms with Crippen LogP contribution in [0.1, 0.15) is 31.7 Å². The van der Waals surface area contributed by atoms with Crippen LogP contribution in [0.5, 0.6) is 0 Å². The fourth-order valence-corrected chi connectivity index (χ4v) is 3.92. The Morgan fingerprint density at radius 2 is 1.96 bits per heavy atom. The summed E-state index contributed by atoms with van der Waals surface area (Å²) >= 11 is 0. The number of ether oxygens (including phenoxy) is 2. The molecular formula is C19H23NO5. The van der Waals surface area contributed by atoms with Gasteiger partial charge in [0.1, 0.15) is 6.61 Å². The van der Waals surface area contributed by atoms with Crippen LogP contribution in [0.2, 0.25) is 0 Å². The summed E-state index contributed by atoms with van der Waals surface area (Å²) in [5.74, 6) is -1.15. The van der Waals surface area contributed by atoms with Gasteiger partial charge in [-0.3, -0.25) is 4.48 Å². The Bertz CT molecular complexity index is 684. The Morgan fingerprint density at radius 1 is 1.20 bits per heavy atom. The van der Waals surface area contributed by atoms with Gasteiger partial charge in [-0.2, -0.15) is 0 Å². The van der Waals surface area contributed by atoms with Gasteiger partial charge < -0.3 is 14.6 Å². The zero-order valence-electron chi connectivity index (χ0n) is 14.4. The molecule has 1 aromatic carbocycles. The first-order valence-corrected chi connectivity index (χ1v) is 8.73. The summed E-state index contributed by atoms with van der Waals surface area (Å²) in [6.07, 6.45) is 1.67. The van der Waals surface area contributed by atoms with Crippen molar-refractivity contribution in [3.8, 4) is 0 Å². The summed E-state index contributed by atoms with van der Waals surface area (Å²) < 4.78 is 10.7. The molecule has 2 atom stereocenters. The van der Waals surface area contributed by atoms with E-state index in [2.05, 4.69) is 0 Å². The molecule has 0 bridgehead atoms. The maximum absolute atomic E-state index is 12.7. The third kappa shape index (κ3) is 3.26. The molecule has 1 saturated heterocycles. The van der Waals surface area contributed by atoms with Gasteiger partial charge in [0.05, 0.1) is 19.7 Å². The van der Waals surface area contributed by atoms with Crippen molar-refractivity contribution in [2.24, 2.45) is 0 Å². The number of hydrogen-bond acceptors (Lipinski definition) is 5. The van der Waals surface area contributed by atoms with Crippen molar-refractivity contribution in [3.05, 3.63) is 47.4 Å². The van der Waals surface area contributed by atoms with Crippen molar-refractivity contribution in [1.82, 2.24) is 0 Å². The summed E-state index contributed by atoms with van der Waals surface area (Å²) in [5, 5.41) is 12.3. The molecule has 25 heavy (non-hydrogen) atoms. The SMILES string of the molecule is CCOC(=O)C1=C([O-])CC[N@@+]12CCC[C@H]2C(=O)OCc1ccccc1. The van der Waals surface area contributed by atoms with Crippen LogP contribution in [-0.2, 0) is 25.7 Å². The Kier molecular flexibility index (Phi) is 5.08.